The van der Waals surface area contributed by atoms with Crippen LogP contribution in [0, 0.1) is 5.92 Å². The fourth-order valence-electron chi connectivity index (χ4n) is 2.83. The molecule has 0 radical (unpaired) electrons. The number of rotatable bonds is 4. The van der Waals surface area contributed by atoms with E-state index in [4.69, 9.17) is 10.5 Å². The molecule has 1 aromatic carbocycles. The van der Waals surface area contributed by atoms with E-state index in [9.17, 15) is 5.11 Å². The van der Waals surface area contributed by atoms with Crippen LogP contribution >= 0.6 is 12.4 Å². The number of para-hydroxylation sites is 1. The van der Waals surface area contributed by atoms with Crippen LogP contribution in [0.4, 0.5) is 0 Å². The molecule has 0 unspecified atom stereocenters. The fraction of sp³-hybridized carbons (Fsp3) is 0.600. The summed E-state index contributed by atoms with van der Waals surface area (Å²) in [6.07, 6.45) is 6.15. The summed E-state index contributed by atoms with van der Waals surface area (Å²) >= 11 is 0. The maximum Gasteiger partial charge on any atom is 0.162 e. The lowest BCUT2D eigenvalue weighted by atomic mass is 9.81. The molecule has 3 nitrogen and oxygen atoms in total. The van der Waals surface area contributed by atoms with E-state index in [1.165, 1.54) is 32.1 Å². The van der Waals surface area contributed by atoms with Crippen molar-refractivity contribution in [3.05, 3.63) is 23.8 Å². The Morgan fingerprint density at radius 3 is 2.63 bits per heavy atom. The highest BCUT2D eigenvalue weighted by Crippen LogP contribution is 2.39. The molecule has 1 fully saturated rings. The second-order valence-corrected chi connectivity index (χ2v) is 5.05. The number of hydrogen-bond donors (Lipinski definition) is 2. The summed E-state index contributed by atoms with van der Waals surface area (Å²) in [5.41, 5.74) is 7.15. The third-order valence-electron chi connectivity index (χ3n) is 3.85. The Morgan fingerprint density at radius 1 is 1.32 bits per heavy atom. The molecule has 1 atom stereocenters. The molecule has 108 valence electrons. The molecule has 1 aromatic rings. The predicted molar refractivity (Wildman–Crippen MR) is 80.0 cm³/mol. The second kappa shape index (κ2) is 7.61. The van der Waals surface area contributed by atoms with Gasteiger partial charge in [0.2, 0.25) is 0 Å². The van der Waals surface area contributed by atoms with Gasteiger partial charge in [0.15, 0.2) is 11.5 Å². The first kappa shape index (κ1) is 16.1. The number of benzene rings is 1. The van der Waals surface area contributed by atoms with E-state index in [1.54, 1.807) is 6.07 Å². The lowest BCUT2D eigenvalue weighted by Crippen LogP contribution is -2.23. The molecule has 1 aliphatic carbocycles. The monoisotopic (exact) mass is 285 g/mol. The first-order valence-corrected chi connectivity index (χ1v) is 6.94. The van der Waals surface area contributed by atoms with E-state index in [2.05, 4.69) is 0 Å². The minimum atomic E-state index is -0.0780. The summed E-state index contributed by atoms with van der Waals surface area (Å²) < 4.78 is 5.41. The molecule has 0 spiro atoms. The van der Waals surface area contributed by atoms with Crippen molar-refractivity contribution in [2.45, 2.75) is 45.1 Å². The molecule has 0 saturated heterocycles. The van der Waals surface area contributed by atoms with Gasteiger partial charge in [0.25, 0.3) is 0 Å². The molecule has 2 rings (SSSR count). The fourth-order valence-corrected chi connectivity index (χ4v) is 2.83. The van der Waals surface area contributed by atoms with E-state index in [0.29, 0.717) is 18.3 Å². The van der Waals surface area contributed by atoms with Crippen LogP contribution in [0.5, 0.6) is 11.5 Å². The van der Waals surface area contributed by atoms with Crippen molar-refractivity contribution in [2.24, 2.45) is 11.7 Å². The highest BCUT2D eigenvalue weighted by atomic mass is 35.5. The molecule has 0 aromatic heterocycles. The van der Waals surface area contributed by atoms with Gasteiger partial charge in [-0.3, -0.25) is 0 Å². The Kier molecular flexibility index (Phi) is 6.46. The van der Waals surface area contributed by atoms with Gasteiger partial charge in [0, 0.05) is 11.6 Å². The number of phenols is 1. The topological polar surface area (TPSA) is 55.5 Å². The highest BCUT2D eigenvalue weighted by molar-refractivity contribution is 5.85. The summed E-state index contributed by atoms with van der Waals surface area (Å²) in [4.78, 5) is 0. The highest BCUT2D eigenvalue weighted by Gasteiger charge is 2.24. The number of nitrogens with two attached hydrogens (primary N) is 1. The largest absolute Gasteiger partial charge is 0.504 e. The quantitative estimate of drug-likeness (QED) is 0.885. The molecular weight excluding hydrogens is 262 g/mol. The van der Waals surface area contributed by atoms with Gasteiger partial charge in [-0.05, 0) is 31.7 Å². The maximum absolute atomic E-state index is 10.2. The van der Waals surface area contributed by atoms with E-state index in [1.807, 2.05) is 19.1 Å². The number of ether oxygens (including phenoxy) is 1. The zero-order valence-corrected chi connectivity index (χ0v) is 12.3. The van der Waals surface area contributed by atoms with Gasteiger partial charge in [-0.15, -0.1) is 12.4 Å². The summed E-state index contributed by atoms with van der Waals surface area (Å²) in [6.45, 7) is 2.46. The number of halogens is 1. The van der Waals surface area contributed by atoms with Gasteiger partial charge >= 0.3 is 0 Å². The standard InChI is InChI=1S/C15H23NO2.ClH/c1-2-18-13-10-6-9-12(15(13)17)14(16)11-7-4-3-5-8-11;/h6,9-11,14,17H,2-5,7-8,16H2,1H3;1H/t14-;/m1./s1. The van der Waals surface area contributed by atoms with Crippen LogP contribution in [0.2, 0.25) is 0 Å². The van der Waals surface area contributed by atoms with Crippen LogP contribution in [0.1, 0.15) is 50.6 Å². The Bertz CT molecular complexity index is 392. The zero-order valence-electron chi connectivity index (χ0n) is 11.5. The van der Waals surface area contributed by atoms with Crippen molar-refractivity contribution in [3.8, 4) is 11.5 Å². The van der Waals surface area contributed by atoms with E-state index in [-0.39, 0.29) is 24.2 Å². The molecule has 4 heteroatoms. The first-order valence-electron chi connectivity index (χ1n) is 6.94. The minimum absolute atomic E-state index is 0. The van der Waals surface area contributed by atoms with Crippen LogP contribution in [0.15, 0.2) is 18.2 Å². The molecule has 1 saturated carbocycles. The van der Waals surface area contributed by atoms with E-state index in [0.717, 1.165) is 5.56 Å². The maximum atomic E-state index is 10.2. The molecule has 0 amide bonds. The third kappa shape index (κ3) is 3.77. The van der Waals surface area contributed by atoms with Gasteiger partial charge in [0.1, 0.15) is 0 Å². The molecule has 1 aliphatic rings. The van der Waals surface area contributed by atoms with Crippen molar-refractivity contribution < 1.29 is 9.84 Å². The zero-order chi connectivity index (χ0) is 13.0. The van der Waals surface area contributed by atoms with E-state index < -0.39 is 0 Å². The average molecular weight is 286 g/mol. The Labute approximate surface area is 121 Å². The van der Waals surface area contributed by atoms with Crippen LogP contribution in [0.3, 0.4) is 0 Å². The number of phenolic OH excluding ortho intramolecular Hbond substituents is 1. The smallest absolute Gasteiger partial charge is 0.162 e. The molecule has 0 heterocycles. The number of aromatic hydroxyl groups is 1. The third-order valence-corrected chi connectivity index (χ3v) is 3.85. The van der Waals surface area contributed by atoms with Gasteiger partial charge < -0.3 is 15.6 Å². The van der Waals surface area contributed by atoms with E-state index >= 15 is 0 Å². The second-order valence-electron chi connectivity index (χ2n) is 5.05. The van der Waals surface area contributed by atoms with Gasteiger partial charge in [-0.1, -0.05) is 31.4 Å². The Balaban J connectivity index is 0.00000180. The van der Waals surface area contributed by atoms with Crippen LogP contribution in [-0.2, 0) is 0 Å². The van der Waals surface area contributed by atoms with Crippen LogP contribution in [-0.4, -0.2) is 11.7 Å². The normalized spacial score (nSPS) is 17.6. The van der Waals surface area contributed by atoms with Crippen molar-refractivity contribution in [1.29, 1.82) is 0 Å². The lowest BCUT2D eigenvalue weighted by Gasteiger charge is -2.28. The predicted octanol–water partition coefficient (Wildman–Crippen LogP) is 3.79. The van der Waals surface area contributed by atoms with Crippen molar-refractivity contribution in [1.82, 2.24) is 0 Å². The summed E-state index contributed by atoms with van der Waals surface area (Å²) in [6, 6.07) is 5.53. The van der Waals surface area contributed by atoms with Crippen molar-refractivity contribution in [3.63, 3.8) is 0 Å². The minimum Gasteiger partial charge on any atom is -0.504 e. The number of hydrogen-bond acceptors (Lipinski definition) is 3. The molecular formula is C15H24ClNO2. The Morgan fingerprint density at radius 2 is 2.00 bits per heavy atom. The summed E-state index contributed by atoms with van der Waals surface area (Å²) in [5, 5.41) is 10.2. The summed E-state index contributed by atoms with van der Waals surface area (Å²) in [5.74, 6) is 1.25. The molecule has 0 bridgehead atoms. The van der Waals surface area contributed by atoms with Gasteiger partial charge in [0.05, 0.1) is 6.61 Å². The van der Waals surface area contributed by atoms with Crippen molar-refractivity contribution >= 4 is 12.4 Å². The summed E-state index contributed by atoms with van der Waals surface area (Å²) in [7, 11) is 0. The molecule has 19 heavy (non-hydrogen) atoms. The first-order chi connectivity index (χ1) is 8.74. The lowest BCUT2D eigenvalue weighted by molar-refractivity contribution is 0.292. The van der Waals surface area contributed by atoms with Gasteiger partial charge in [-0.25, -0.2) is 0 Å². The SMILES string of the molecule is CCOc1cccc([C@H](N)C2CCCCC2)c1O.Cl. The Hall–Kier alpha value is -0.930. The van der Waals surface area contributed by atoms with Crippen molar-refractivity contribution in [2.75, 3.05) is 6.61 Å². The van der Waals surface area contributed by atoms with Gasteiger partial charge in [-0.2, -0.15) is 0 Å². The molecule has 0 aliphatic heterocycles. The molecule has 3 N–H and O–H groups in total. The van der Waals surface area contributed by atoms with Crippen LogP contribution in [0.25, 0.3) is 0 Å². The van der Waals surface area contributed by atoms with Crippen LogP contribution < -0.4 is 10.5 Å². The average Bonchev–Trinajstić information content (AvgIpc) is 2.42.